The van der Waals surface area contributed by atoms with Crippen molar-refractivity contribution in [2.75, 3.05) is 10.8 Å². The summed E-state index contributed by atoms with van der Waals surface area (Å²) in [5.41, 5.74) is 3.44. The molecule has 0 fully saturated rings. The quantitative estimate of drug-likeness (QED) is 0.572. The van der Waals surface area contributed by atoms with E-state index in [1.807, 2.05) is 25.1 Å². The van der Waals surface area contributed by atoms with Crippen molar-refractivity contribution in [3.8, 4) is 11.1 Å². The van der Waals surface area contributed by atoms with Crippen molar-refractivity contribution in [2.24, 2.45) is 0 Å². The van der Waals surface area contributed by atoms with Gasteiger partial charge < -0.3 is 0 Å². The summed E-state index contributed by atoms with van der Waals surface area (Å²) in [7, 11) is -3.88. The number of ketones is 1. The van der Waals surface area contributed by atoms with Crippen molar-refractivity contribution >= 4 is 37.4 Å². The number of sulfonamides is 1. The normalized spacial score (nSPS) is 13.7. The molecular formula is C21H16BrNO3S. The van der Waals surface area contributed by atoms with Crippen LogP contribution in [0.5, 0.6) is 0 Å². The van der Waals surface area contributed by atoms with Crippen molar-refractivity contribution < 1.29 is 13.2 Å². The molecule has 3 aromatic carbocycles. The lowest BCUT2D eigenvalue weighted by atomic mass is 9.97. The van der Waals surface area contributed by atoms with Crippen molar-refractivity contribution in [3.05, 3.63) is 82.3 Å². The molecule has 0 bridgehead atoms. The number of aryl methyl sites for hydroxylation is 1. The van der Waals surface area contributed by atoms with E-state index in [2.05, 4.69) is 15.9 Å². The number of nitrogens with zero attached hydrogens (tertiary/aromatic N) is 1. The van der Waals surface area contributed by atoms with E-state index >= 15 is 0 Å². The number of hydrogen-bond acceptors (Lipinski definition) is 3. The molecule has 4 rings (SSSR count). The Hall–Kier alpha value is -2.44. The number of Topliss-reactive ketones (excluding diaryl/α,β-unsaturated/α-hetero) is 1. The zero-order valence-corrected chi connectivity index (χ0v) is 16.9. The summed E-state index contributed by atoms with van der Waals surface area (Å²) < 4.78 is 28.7. The smallest absolute Gasteiger partial charge is 0.264 e. The third-order valence-corrected chi connectivity index (χ3v) is 6.91. The van der Waals surface area contributed by atoms with Gasteiger partial charge in [-0.2, -0.15) is 0 Å². The average Bonchev–Trinajstić information content (AvgIpc) is 2.78. The number of hydrogen-bond donors (Lipinski definition) is 0. The molecule has 0 aromatic heterocycles. The first kappa shape index (κ1) is 17.9. The number of rotatable bonds is 2. The predicted molar refractivity (Wildman–Crippen MR) is 110 cm³/mol. The number of fused-ring (bicyclic) bond motifs is 3. The number of benzene rings is 3. The summed E-state index contributed by atoms with van der Waals surface area (Å²) in [6.07, 6.45) is 0. The summed E-state index contributed by atoms with van der Waals surface area (Å²) in [6.45, 7) is 1.66. The van der Waals surface area contributed by atoms with Crippen molar-refractivity contribution in [1.82, 2.24) is 0 Å². The van der Waals surface area contributed by atoms with Crippen LogP contribution >= 0.6 is 15.9 Å². The van der Waals surface area contributed by atoms with Gasteiger partial charge in [0.05, 0.1) is 17.1 Å². The Kier molecular flexibility index (Phi) is 4.40. The first-order valence-corrected chi connectivity index (χ1v) is 10.6. The second-order valence-electron chi connectivity index (χ2n) is 6.45. The van der Waals surface area contributed by atoms with Gasteiger partial charge in [-0.05, 0) is 42.8 Å². The molecule has 0 amide bonds. The topological polar surface area (TPSA) is 54.5 Å². The van der Waals surface area contributed by atoms with Gasteiger partial charge in [-0.3, -0.25) is 9.10 Å². The summed E-state index contributed by atoms with van der Waals surface area (Å²) in [4.78, 5) is 13.1. The second kappa shape index (κ2) is 6.62. The van der Waals surface area contributed by atoms with Gasteiger partial charge in [-0.15, -0.1) is 0 Å². The molecule has 0 N–H and O–H groups in total. The van der Waals surface area contributed by atoms with Gasteiger partial charge in [0.1, 0.15) is 0 Å². The lowest BCUT2D eigenvalue weighted by Gasteiger charge is -2.24. The van der Waals surface area contributed by atoms with Crippen LogP contribution in [0.1, 0.15) is 15.9 Å². The van der Waals surface area contributed by atoms with Crippen LogP contribution in [0.25, 0.3) is 11.1 Å². The standard InChI is InChI=1S/C21H16BrNO3S/c1-14-6-9-16(10-7-14)27(25,26)23-13-21(24)18-5-3-2-4-17(18)19-12-15(22)8-11-20(19)23/h2-12H,13H2,1H3. The van der Waals surface area contributed by atoms with Crippen LogP contribution in [0, 0.1) is 6.92 Å². The van der Waals surface area contributed by atoms with Crippen LogP contribution in [0.15, 0.2) is 76.1 Å². The highest BCUT2D eigenvalue weighted by Gasteiger charge is 2.33. The van der Waals surface area contributed by atoms with Gasteiger partial charge >= 0.3 is 0 Å². The fourth-order valence-electron chi connectivity index (χ4n) is 3.26. The van der Waals surface area contributed by atoms with Crippen LogP contribution in [0.3, 0.4) is 0 Å². The number of halogens is 1. The van der Waals surface area contributed by atoms with E-state index in [9.17, 15) is 13.2 Å². The molecule has 4 nitrogen and oxygen atoms in total. The summed E-state index contributed by atoms with van der Waals surface area (Å²) >= 11 is 3.45. The van der Waals surface area contributed by atoms with Gasteiger partial charge in [0.2, 0.25) is 0 Å². The third-order valence-electron chi connectivity index (χ3n) is 4.64. The van der Waals surface area contributed by atoms with E-state index in [0.29, 0.717) is 16.8 Å². The monoisotopic (exact) mass is 441 g/mol. The van der Waals surface area contributed by atoms with Crippen molar-refractivity contribution in [3.63, 3.8) is 0 Å². The van der Waals surface area contributed by atoms with Crippen LogP contribution < -0.4 is 4.31 Å². The lowest BCUT2D eigenvalue weighted by Crippen LogP contribution is -2.35. The maximum atomic E-state index is 13.4. The molecule has 1 aliphatic heterocycles. The lowest BCUT2D eigenvalue weighted by molar-refractivity contribution is 0.100. The Morgan fingerprint density at radius 1 is 0.889 bits per heavy atom. The Labute approximate surface area is 166 Å². The average molecular weight is 442 g/mol. The molecule has 6 heteroatoms. The molecule has 1 heterocycles. The SMILES string of the molecule is Cc1ccc(S(=O)(=O)N2CC(=O)c3ccccc3-c3cc(Br)ccc32)cc1. The van der Waals surface area contributed by atoms with Gasteiger partial charge in [0.15, 0.2) is 5.78 Å². The van der Waals surface area contributed by atoms with E-state index in [1.54, 1.807) is 48.5 Å². The molecule has 0 aliphatic carbocycles. The Morgan fingerprint density at radius 2 is 1.56 bits per heavy atom. The predicted octanol–water partition coefficient (Wildman–Crippen LogP) is 4.82. The Balaban J connectivity index is 1.96. The van der Waals surface area contributed by atoms with E-state index in [1.165, 1.54) is 4.31 Å². The highest BCUT2D eigenvalue weighted by molar-refractivity contribution is 9.10. The highest BCUT2D eigenvalue weighted by Crippen LogP contribution is 2.40. The van der Waals surface area contributed by atoms with Crippen molar-refractivity contribution in [2.45, 2.75) is 11.8 Å². The number of anilines is 1. The molecule has 0 radical (unpaired) electrons. The molecule has 3 aromatic rings. The first-order chi connectivity index (χ1) is 12.9. The van der Waals surface area contributed by atoms with E-state index < -0.39 is 10.0 Å². The fraction of sp³-hybridized carbons (Fsp3) is 0.0952. The highest BCUT2D eigenvalue weighted by atomic mass is 79.9. The minimum absolute atomic E-state index is 0.167. The van der Waals surface area contributed by atoms with Gasteiger partial charge in [0.25, 0.3) is 10.0 Å². The van der Waals surface area contributed by atoms with Crippen molar-refractivity contribution in [1.29, 1.82) is 0 Å². The van der Waals surface area contributed by atoms with Crippen LogP contribution in [-0.4, -0.2) is 20.7 Å². The maximum Gasteiger partial charge on any atom is 0.264 e. The van der Waals surface area contributed by atoms with E-state index in [-0.39, 0.29) is 17.2 Å². The molecule has 0 unspecified atom stereocenters. The molecule has 0 saturated heterocycles. The first-order valence-electron chi connectivity index (χ1n) is 8.39. The Morgan fingerprint density at radius 3 is 2.26 bits per heavy atom. The van der Waals surface area contributed by atoms with Crippen LogP contribution in [0.4, 0.5) is 5.69 Å². The zero-order chi connectivity index (χ0) is 19.2. The van der Waals surface area contributed by atoms with E-state index in [0.717, 1.165) is 15.6 Å². The molecule has 0 saturated carbocycles. The largest absolute Gasteiger partial charge is 0.292 e. The number of carbonyl (C=O) groups is 1. The molecule has 136 valence electrons. The fourth-order valence-corrected chi connectivity index (χ4v) is 5.06. The maximum absolute atomic E-state index is 13.4. The third kappa shape index (κ3) is 3.09. The van der Waals surface area contributed by atoms with Crippen LogP contribution in [-0.2, 0) is 10.0 Å². The number of carbonyl (C=O) groups excluding carboxylic acids is 1. The molecule has 1 aliphatic rings. The van der Waals surface area contributed by atoms with Gasteiger partial charge in [-0.1, -0.05) is 57.9 Å². The second-order valence-corrected chi connectivity index (χ2v) is 9.23. The Bertz CT molecular complexity index is 1150. The van der Waals surface area contributed by atoms with E-state index in [4.69, 9.17) is 0 Å². The summed E-state index contributed by atoms with van der Waals surface area (Å²) in [6, 6.07) is 19.3. The molecule has 0 atom stereocenters. The summed E-state index contributed by atoms with van der Waals surface area (Å²) in [5.74, 6) is -0.228. The molecule has 27 heavy (non-hydrogen) atoms. The minimum atomic E-state index is -3.88. The zero-order valence-electron chi connectivity index (χ0n) is 14.5. The molecular weight excluding hydrogens is 426 g/mol. The minimum Gasteiger partial charge on any atom is -0.292 e. The molecule has 0 spiro atoms. The van der Waals surface area contributed by atoms with Gasteiger partial charge in [-0.25, -0.2) is 8.42 Å². The van der Waals surface area contributed by atoms with Crippen LogP contribution in [0.2, 0.25) is 0 Å². The van der Waals surface area contributed by atoms with Gasteiger partial charge in [0, 0.05) is 15.6 Å². The summed E-state index contributed by atoms with van der Waals surface area (Å²) in [5, 5.41) is 0.